The molecule has 2 amide bonds. The van der Waals surface area contributed by atoms with Gasteiger partial charge in [0.2, 0.25) is 11.8 Å². The molecule has 3 atom stereocenters. The number of ether oxygens (including phenoxy) is 1. The molecule has 0 spiro atoms. The number of rotatable bonds is 2. The number of nitrogens with two attached hydrogens (primary N) is 2. The first-order valence-corrected chi connectivity index (χ1v) is 6.52. The van der Waals surface area contributed by atoms with E-state index in [4.69, 9.17) is 16.2 Å². The number of primary amides is 1. The number of nitrogens with zero attached hydrogens (tertiary/aromatic N) is 1. The Bertz CT molecular complexity index is 335. The molecule has 0 radical (unpaired) electrons. The van der Waals surface area contributed by atoms with Crippen LogP contribution in [0.2, 0.25) is 0 Å². The van der Waals surface area contributed by atoms with E-state index in [1.807, 2.05) is 0 Å². The number of hydrogen-bond acceptors (Lipinski definition) is 4. The lowest BCUT2D eigenvalue weighted by atomic mass is 9.85. The lowest BCUT2D eigenvalue weighted by molar-refractivity contribution is -0.151. The van der Waals surface area contributed by atoms with Gasteiger partial charge in [-0.1, -0.05) is 6.42 Å². The highest BCUT2D eigenvalue weighted by atomic mass is 16.5. The summed E-state index contributed by atoms with van der Waals surface area (Å²) in [5, 5.41) is 0. The molecule has 1 heterocycles. The molecule has 3 unspecified atom stereocenters. The third-order valence-electron chi connectivity index (χ3n) is 3.80. The number of amides is 2. The molecule has 18 heavy (non-hydrogen) atoms. The highest BCUT2D eigenvalue weighted by molar-refractivity contribution is 5.88. The Morgan fingerprint density at radius 2 is 2.06 bits per heavy atom. The van der Waals surface area contributed by atoms with Crippen molar-refractivity contribution in [2.24, 2.45) is 17.4 Å². The van der Waals surface area contributed by atoms with Gasteiger partial charge in [0.25, 0.3) is 0 Å². The maximum absolute atomic E-state index is 12.4. The van der Waals surface area contributed by atoms with Gasteiger partial charge in [-0.15, -0.1) is 0 Å². The van der Waals surface area contributed by atoms with Gasteiger partial charge in [0, 0.05) is 18.5 Å². The summed E-state index contributed by atoms with van der Waals surface area (Å²) in [7, 11) is 0. The highest BCUT2D eigenvalue weighted by Crippen LogP contribution is 2.26. The van der Waals surface area contributed by atoms with Crippen LogP contribution in [0.5, 0.6) is 0 Å². The monoisotopic (exact) mass is 255 g/mol. The second kappa shape index (κ2) is 5.67. The van der Waals surface area contributed by atoms with Crippen LogP contribution in [0, 0.1) is 5.92 Å². The molecule has 0 bridgehead atoms. The molecule has 0 aromatic rings. The van der Waals surface area contributed by atoms with E-state index in [0.29, 0.717) is 19.6 Å². The van der Waals surface area contributed by atoms with Gasteiger partial charge in [0.1, 0.15) is 6.04 Å². The summed E-state index contributed by atoms with van der Waals surface area (Å²) in [6, 6.07) is -0.523. The summed E-state index contributed by atoms with van der Waals surface area (Å²) in [6.45, 7) is 1.12. The maximum Gasteiger partial charge on any atom is 0.242 e. The van der Waals surface area contributed by atoms with E-state index in [2.05, 4.69) is 0 Å². The van der Waals surface area contributed by atoms with Crippen molar-refractivity contribution in [3.63, 3.8) is 0 Å². The Hall–Kier alpha value is -1.14. The third kappa shape index (κ3) is 2.81. The van der Waals surface area contributed by atoms with Crippen molar-refractivity contribution >= 4 is 11.8 Å². The van der Waals surface area contributed by atoms with Crippen LogP contribution in [0.25, 0.3) is 0 Å². The molecule has 4 N–H and O–H groups in total. The zero-order valence-electron chi connectivity index (χ0n) is 10.5. The van der Waals surface area contributed by atoms with Crippen molar-refractivity contribution in [2.45, 2.75) is 37.8 Å². The normalized spacial score (nSPS) is 33.2. The predicted octanol–water partition coefficient (Wildman–Crippen LogP) is -0.783. The lowest BCUT2D eigenvalue weighted by Crippen LogP contribution is -2.56. The minimum absolute atomic E-state index is 0.0113. The summed E-state index contributed by atoms with van der Waals surface area (Å²) in [5.41, 5.74) is 11.2. The third-order valence-corrected chi connectivity index (χ3v) is 3.80. The number of carbonyl (C=O) groups is 2. The molecule has 6 heteroatoms. The van der Waals surface area contributed by atoms with Gasteiger partial charge in [0.15, 0.2) is 0 Å². The van der Waals surface area contributed by atoms with Crippen LogP contribution in [-0.4, -0.2) is 48.6 Å². The minimum Gasteiger partial charge on any atom is -0.377 e. The summed E-state index contributed by atoms with van der Waals surface area (Å²) < 4.78 is 5.21. The summed E-state index contributed by atoms with van der Waals surface area (Å²) in [6.07, 6.45) is 3.52. The molecule has 102 valence electrons. The molecule has 1 saturated heterocycles. The van der Waals surface area contributed by atoms with Crippen LogP contribution in [0.1, 0.15) is 25.7 Å². The van der Waals surface area contributed by atoms with Gasteiger partial charge in [-0.3, -0.25) is 9.59 Å². The largest absolute Gasteiger partial charge is 0.377 e. The van der Waals surface area contributed by atoms with Gasteiger partial charge in [-0.2, -0.15) is 0 Å². The van der Waals surface area contributed by atoms with E-state index in [0.717, 1.165) is 19.3 Å². The van der Waals surface area contributed by atoms with E-state index in [9.17, 15) is 9.59 Å². The summed E-state index contributed by atoms with van der Waals surface area (Å²) in [4.78, 5) is 25.3. The summed E-state index contributed by atoms with van der Waals surface area (Å²) >= 11 is 0. The van der Waals surface area contributed by atoms with Gasteiger partial charge in [0.05, 0.1) is 13.2 Å². The molecular formula is C12H21N3O3. The number of carbonyl (C=O) groups excluding carboxylic acids is 2. The molecule has 2 rings (SSSR count). The topological polar surface area (TPSA) is 98.7 Å². The quantitative estimate of drug-likeness (QED) is 0.676. The maximum atomic E-state index is 12.4. The standard InChI is InChI=1S/C12H21N3O3/c13-9-3-1-2-8(6-9)12(17)15-4-5-18-7-10(15)11(14)16/h8-10H,1-7,13H2,(H2,14,16). The van der Waals surface area contributed by atoms with Crippen LogP contribution >= 0.6 is 0 Å². The number of morpholine rings is 1. The minimum atomic E-state index is -0.621. The van der Waals surface area contributed by atoms with Crippen LogP contribution < -0.4 is 11.5 Å². The van der Waals surface area contributed by atoms with E-state index < -0.39 is 11.9 Å². The van der Waals surface area contributed by atoms with Crippen LogP contribution in [0.15, 0.2) is 0 Å². The van der Waals surface area contributed by atoms with E-state index in [-0.39, 0.29) is 24.5 Å². The Labute approximate surface area is 107 Å². The Morgan fingerprint density at radius 3 is 2.72 bits per heavy atom. The van der Waals surface area contributed by atoms with Crippen molar-refractivity contribution < 1.29 is 14.3 Å². The van der Waals surface area contributed by atoms with Crippen LogP contribution in [-0.2, 0) is 14.3 Å². The Balaban J connectivity index is 2.03. The molecule has 2 fully saturated rings. The first kappa shape index (κ1) is 13.3. The average molecular weight is 255 g/mol. The Kier molecular flexibility index (Phi) is 4.19. The molecule has 1 aliphatic heterocycles. The highest BCUT2D eigenvalue weighted by Gasteiger charge is 2.36. The van der Waals surface area contributed by atoms with Crippen molar-refractivity contribution in [3.05, 3.63) is 0 Å². The fourth-order valence-electron chi connectivity index (χ4n) is 2.79. The van der Waals surface area contributed by atoms with Gasteiger partial charge < -0.3 is 21.1 Å². The first-order chi connectivity index (χ1) is 8.59. The molecule has 6 nitrogen and oxygen atoms in total. The van der Waals surface area contributed by atoms with Crippen molar-refractivity contribution in [3.8, 4) is 0 Å². The van der Waals surface area contributed by atoms with Gasteiger partial charge >= 0.3 is 0 Å². The smallest absolute Gasteiger partial charge is 0.242 e. The van der Waals surface area contributed by atoms with E-state index in [1.54, 1.807) is 4.90 Å². The molecule has 1 saturated carbocycles. The van der Waals surface area contributed by atoms with Crippen molar-refractivity contribution in [1.82, 2.24) is 4.90 Å². The first-order valence-electron chi connectivity index (χ1n) is 6.52. The second-order valence-electron chi connectivity index (χ2n) is 5.15. The zero-order chi connectivity index (χ0) is 13.1. The Morgan fingerprint density at radius 1 is 1.28 bits per heavy atom. The summed E-state index contributed by atoms with van der Waals surface area (Å²) in [5.74, 6) is -0.547. The molecular weight excluding hydrogens is 234 g/mol. The SMILES string of the molecule is NC(=O)C1COCCN1C(=O)C1CCCC(N)C1. The molecule has 1 aliphatic carbocycles. The van der Waals surface area contributed by atoms with Crippen molar-refractivity contribution in [1.29, 1.82) is 0 Å². The molecule has 0 aromatic carbocycles. The van der Waals surface area contributed by atoms with Crippen LogP contribution in [0.4, 0.5) is 0 Å². The van der Waals surface area contributed by atoms with Gasteiger partial charge in [-0.25, -0.2) is 0 Å². The lowest BCUT2D eigenvalue weighted by Gasteiger charge is -2.37. The van der Waals surface area contributed by atoms with E-state index >= 15 is 0 Å². The van der Waals surface area contributed by atoms with Crippen molar-refractivity contribution in [2.75, 3.05) is 19.8 Å². The van der Waals surface area contributed by atoms with Gasteiger partial charge in [-0.05, 0) is 19.3 Å². The fourth-order valence-corrected chi connectivity index (χ4v) is 2.79. The number of hydrogen-bond donors (Lipinski definition) is 2. The molecule has 2 aliphatic rings. The van der Waals surface area contributed by atoms with Crippen LogP contribution in [0.3, 0.4) is 0 Å². The van der Waals surface area contributed by atoms with E-state index in [1.165, 1.54) is 0 Å². The zero-order valence-corrected chi connectivity index (χ0v) is 10.5. The fraction of sp³-hybridized carbons (Fsp3) is 0.833. The second-order valence-corrected chi connectivity index (χ2v) is 5.15. The molecule has 0 aromatic heterocycles. The predicted molar refractivity (Wildman–Crippen MR) is 65.4 cm³/mol. The average Bonchev–Trinajstić information content (AvgIpc) is 2.38.